The molecule has 0 N–H and O–H groups in total. The lowest BCUT2D eigenvalue weighted by atomic mass is 10.2. The zero-order chi connectivity index (χ0) is 13.5. The van der Waals surface area contributed by atoms with E-state index in [2.05, 4.69) is 73.3 Å². The molecule has 0 aliphatic heterocycles. The fourth-order valence-corrected chi connectivity index (χ4v) is 2.91. The van der Waals surface area contributed by atoms with Crippen molar-refractivity contribution in [2.24, 2.45) is 0 Å². The van der Waals surface area contributed by atoms with Gasteiger partial charge in [0.2, 0.25) is 0 Å². The lowest BCUT2D eigenvalue weighted by molar-refractivity contribution is 0.872. The monoisotopic (exact) mass is 271 g/mol. The van der Waals surface area contributed by atoms with Crippen LogP contribution in [0.25, 0.3) is 0 Å². The molecule has 0 saturated carbocycles. The molecule has 2 rings (SSSR count). The summed E-state index contributed by atoms with van der Waals surface area (Å²) < 4.78 is 0. The van der Waals surface area contributed by atoms with Gasteiger partial charge < -0.3 is 4.90 Å². The number of benzene rings is 2. The first-order valence-corrected chi connectivity index (χ1v) is 7.77. The van der Waals surface area contributed by atoms with E-state index in [1.807, 2.05) is 11.8 Å². The van der Waals surface area contributed by atoms with Gasteiger partial charge in [-0.15, -0.1) is 11.8 Å². The van der Waals surface area contributed by atoms with Gasteiger partial charge >= 0.3 is 0 Å². The van der Waals surface area contributed by atoms with Crippen molar-refractivity contribution in [3.63, 3.8) is 0 Å². The molecule has 1 nitrogen and oxygen atoms in total. The number of anilines is 1. The fraction of sp³-hybridized carbons (Fsp3) is 0.294. The molecule has 0 bridgehead atoms. The molecule has 0 aliphatic carbocycles. The van der Waals surface area contributed by atoms with Crippen molar-refractivity contribution < 1.29 is 0 Å². The average molecular weight is 271 g/mol. The molecule has 0 spiro atoms. The molecule has 0 saturated heterocycles. The Morgan fingerprint density at radius 1 is 0.947 bits per heavy atom. The summed E-state index contributed by atoms with van der Waals surface area (Å²) in [6.45, 7) is 6.48. The Kier molecular flexibility index (Phi) is 5.34. The molecule has 19 heavy (non-hydrogen) atoms. The second-order valence-corrected chi connectivity index (χ2v) is 5.75. The first-order valence-electron chi connectivity index (χ1n) is 6.79. The maximum absolute atomic E-state index is 2.43. The molecule has 0 atom stereocenters. The van der Waals surface area contributed by atoms with Crippen molar-refractivity contribution in [2.45, 2.75) is 18.7 Å². The van der Waals surface area contributed by atoms with Crippen LogP contribution in [0.2, 0.25) is 0 Å². The predicted octanol–water partition coefficient (Wildman–Crippen LogP) is 4.61. The minimum Gasteiger partial charge on any atom is -0.371 e. The maximum atomic E-state index is 2.43. The van der Waals surface area contributed by atoms with Crippen LogP contribution in [0.4, 0.5) is 5.69 Å². The molecule has 0 unspecified atom stereocenters. The third-order valence-electron chi connectivity index (χ3n) is 3.15. The number of aryl methyl sites for hydroxylation is 1. The molecular weight excluding hydrogens is 250 g/mol. The number of hydrogen-bond acceptors (Lipinski definition) is 2. The van der Waals surface area contributed by atoms with E-state index < -0.39 is 0 Å². The number of hydrogen-bond donors (Lipinski definition) is 0. The van der Waals surface area contributed by atoms with Gasteiger partial charge in [0.05, 0.1) is 0 Å². The van der Waals surface area contributed by atoms with Crippen molar-refractivity contribution in [1.29, 1.82) is 0 Å². The first-order chi connectivity index (χ1) is 9.29. The molecule has 2 aromatic rings. The van der Waals surface area contributed by atoms with E-state index in [-0.39, 0.29) is 0 Å². The predicted molar refractivity (Wildman–Crippen MR) is 86.2 cm³/mol. The molecule has 0 aliphatic rings. The second kappa shape index (κ2) is 7.25. The minimum atomic E-state index is 1.05. The van der Waals surface area contributed by atoms with Gasteiger partial charge in [-0.2, -0.15) is 0 Å². The summed E-state index contributed by atoms with van der Waals surface area (Å²) in [7, 11) is 0. The topological polar surface area (TPSA) is 3.24 Å². The first kappa shape index (κ1) is 14.0. The molecule has 2 aromatic carbocycles. The van der Waals surface area contributed by atoms with Crippen molar-refractivity contribution in [3.8, 4) is 0 Å². The zero-order valence-corrected chi connectivity index (χ0v) is 12.5. The fourth-order valence-electron chi connectivity index (χ4n) is 2.02. The molecular formula is C17H21NS. The van der Waals surface area contributed by atoms with E-state index in [1.165, 1.54) is 16.1 Å². The average Bonchev–Trinajstić information content (AvgIpc) is 2.46. The molecule has 2 heteroatoms. The van der Waals surface area contributed by atoms with Crippen LogP contribution in [-0.2, 0) is 0 Å². The molecule has 0 heterocycles. The van der Waals surface area contributed by atoms with Crippen LogP contribution in [0.15, 0.2) is 59.5 Å². The summed E-state index contributed by atoms with van der Waals surface area (Å²) in [6.07, 6.45) is 0. The van der Waals surface area contributed by atoms with Crippen LogP contribution in [0.5, 0.6) is 0 Å². The largest absolute Gasteiger partial charge is 0.371 e. The Bertz CT molecular complexity index is 478. The Labute approximate surface area is 120 Å². The lowest BCUT2D eigenvalue weighted by Gasteiger charge is -2.23. The van der Waals surface area contributed by atoms with Crippen molar-refractivity contribution in [1.82, 2.24) is 0 Å². The van der Waals surface area contributed by atoms with E-state index in [1.54, 1.807) is 0 Å². The SMILES string of the molecule is CCN(CCSc1ccccc1)c1ccc(C)cc1. The van der Waals surface area contributed by atoms with Crippen molar-refractivity contribution in [3.05, 3.63) is 60.2 Å². The summed E-state index contributed by atoms with van der Waals surface area (Å²) in [6, 6.07) is 19.4. The van der Waals surface area contributed by atoms with Gasteiger partial charge in [-0.25, -0.2) is 0 Å². The second-order valence-electron chi connectivity index (χ2n) is 4.58. The molecule has 100 valence electrons. The van der Waals surface area contributed by atoms with Crippen LogP contribution >= 0.6 is 11.8 Å². The number of rotatable bonds is 6. The highest BCUT2D eigenvalue weighted by molar-refractivity contribution is 7.99. The van der Waals surface area contributed by atoms with Crippen LogP contribution in [0.3, 0.4) is 0 Å². The van der Waals surface area contributed by atoms with Crippen LogP contribution in [-0.4, -0.2) is 18.8 Å². The summed E-state index contributed by atoms with van der Waals surface area (Å²) in [4.78, 5) is 3.78. The zero-order valence-electron chi connectivity index (χ0n) is 11.7. The van der Waals surface area contributed by atoms with Gasteiger partial charge in [-0.1, -0.05) is 35.9 Å². The number of nitrogens with zero attached hydrogens (tertiary/aromatic N) is 1. The van der Waals surface area contributed by atoms with E-state index in [9.17, 15) is 0 Å². The van der Waals surface area contributed by atoms with Gasteiger partial charge in [0.15, 0.2) is 0 Å². The Morgan fingerprint density at radius 3 is 2.26 bits per heavy atom. The highest BCUT2D eigenvalue weighted by Gasteiger charge is 2.03. The van der Waals surface area contributed by atoms with Crippen molar-refractivity contribution >= 4 is 17.4 Å². The van der Waals surface area contributed by atoms with Crippen LogP contribution in [0, 0.1) is 6.92 Å². The maximum Gasteiger partial charge on any atom is 0.0366 e. The quantitative estimate of drug-likeness (QED) is 0.706. The van der Waals surface area contributed by atoms with Crippen LogP contribution in [0.1, 0.15) is 12.5 Å². The summed E-state index contributed by atoms with van der Waals surface area (Å²) in [5.74, 6) is 1.12. The summed E-state index contributed by atoms with van der Waals surface area (Å²) >= 11 is 1.92. The standard InChI is InChI=1S/C17H21NS/c1-3-18(16-11-9-15(2)10-12-16)13-14-19-17-7-5-4-6-8-17/h4-12H,3,13-14H2,1-2H3. The summed E-state index contributed by atoms with van der Waals surface area (Å²) in [5.41, 5.74) is 2.64. The van der Waals surface area contributed by atoms with Crippen molar-refractivity contribution in [2.75, 3.05) is 23.7 Å². The smallest absolute Gasteiger partial charge is 0.0366 e. The van der Waals surface area contributed by atoms with Gasteiger partial charge in [0, 0.05) is 29.4 Å². The number of thioether (sulfide) groups is 1. The molecule has 0 aromatic heterocycles. The molecule has 0 fully saturated rings. The summed E-state index contributed by atoms with van der Waals surface area (Å²) in [5, 5.41) is 0. The van der Waals surface area contributed by atoms with Gasteiger partial charge in [0.1, 0.15) is 0 Å². The van der Waals surface area contributed by atoms with Gasteiger partial charge in [0.25, 0.3) is 0 Å². The Balaban J connectivity index is 1.87. The Hall–Kier alpha value is -1.41. The lowest BCUT2D eigenvalue weighted by Crippen LogP contribution is -2.25. The normalized spacial score (nSPS) is 10.4. The highest BCUT2D eigenvalue weighted by atomic mass is 32.2. The third kappa shape index (κ3) is 4.32. The van der Waals surface area contributed by atoms with E-state index >= 15 is 0 Å². The third-order valence-corrected chi connectivity index (χ3v) is 4.15. The van der Waals surface area contributed by atoms with E-state index in [0.29, 0.717) is 0 Å². The molecule has 0 radical (unpaired) electrons. The van der Waals surface area contributed by atoms with E-state index in [0.717, 1.165) is 18.8 Å². The van der Waals surface area contributed by atoms with Gasteiger partial charge in [-0.3, -0.25) is 0 Å². The van der Waals surface area contributed by atoms with Gasteiger partial charge in [-0.05, 0) is 38.1 Å². The Morgan fingerprint density at radius 2 is 1.63 bits per heavy atom. The highest BCUT2D eigenvalue weighted by Crippen LogP contribution is 2.19. The molecule has 0 amide bonds. The minimum absolute atomic E-state index is 1.05. The van der Waals surface area contributed by atoms with E-state index in [4.69, 9.17) is 0 Å². The van der Waals surface area contributed by atoms with Crippen LogP contribution < -0.4 is 4.90 Å².